The number of β-amino-alcohol motifs (C(OH)–C–C–N with tert-alkyl or cyclic N) is 1. The minimum Gasteiger partial charge on any atom is -0.391 e. The Morgan fingerprint density at radius 1 is 1.26 bits per heavy atom. The van der Waals surface area contributed by atoms with Gasteiger partial charge in [-0.2, -0.15) is 0 Å². The molecule has 2 aromatic heterocycles. The van der Waals surface area contributed by atoms with Crippen molar-refractivity contribution in [2.45, 2.75) is 32.8 Å². The summed E-state index contributed by atoms with van der Waals surface area (Å²) < 4.78 is 0. The number of fused-ring (bicyclic) bond motifs is 1. The van der Waals surface area contributed by atoms with E-state index in [1.165, 1.54) is 5.56 Å². The van der Waals surface area contributed by atoms with E-state index >= 15 is 0 Å². The molecule has 2 aromatic rings. The van der Waals surface area contributed by atoms with Crippen LogP contribution in [0.4, 0.5) is 5.82 Å². The second-order valence-electron chi connectivity index (χ2n) is 5.36. The normalized spacial score (nSPS) is 19.9. The molecule has 0 aliphatic carbocycles. The van der Waals surface area contributed by atoms with E-state index in [0.29, 0.717) is 6.54 Å². The van der Waals surface area contributed by atoms with Crippen LogP contribution in [0, 0.1) is 13.8 Å². The molecular weight excluding hydrogens is 238 g/mol. The van der Waals surface area contributed by atoms with Crippen molar-refractivity contribution in [3.8, 4) is 0 Å². The maximum atomic E-state index is 9.76. The summed E-state index contributed by atoms with van der Waals surface area (Å²) in [5.74, 6) is 0.920. The van der Waals surface area contributed by atoms with Crippen LogP contribution in [0.1, 0.15) is 24.1 Å². The second-order valence-corrected chi connectivity index (χ2v) is 5.36. The molecule has 1 aliphatic rings. The molecule has 1 N–H and O–H groups in total. The van der Waals surface area contributed by atoms with Crippen LogP contribution in [0.2, 0.25) is 0 Å². The summed E-state index contributed by atoms with van der Waals surface area (Å²) in [7, 11) is 0. The lowest BCUT2D eigenvalue weighted by Crippen LogP contribution is -2.38. The third-order valence-electron chi connectivity index (χ3n) is 3.71. The summed E-state index contributed by atoms with van der Waals surface area (Å²) in [6.07, 6.45) is 1.67. The Bertz CT molecular complexity index is 612. The number of nitrogens with zero attached hydrogens (tertiary/aromatic N) is 3. The Hall–Kier alpha value is -1.68. The lowest BCUT2D eigenvalue weighted by Gasteiger charge is -2.31. The van der Waals surface area contributed by atoms with Gasteiger partial charge in [-0.3, -0.25) is 0 Å². The van der Waals surface area contributed by atoms with Crippen LogP contribution in [0.25, 0.3) is 11.0 Å². The SMILES string of the molecule is Cc1cc(C)c2ccc(N3CCCC(O)C3)nc2n1. The van der Waals surface area contributed by atoms with Crippen molar-refractivity contribution >= 4 is 16.9 Å². The summed E-state index contributed by atoms with van der Waals surface area (Å²) in [4.78, 5) is 11.3. The third kappa shape index (κ3) is 2.40. The zero-order valence-corrected chi connectivity index (χ0v) is 11.4. The number of anilines is 1. The van der Waals surface area contributed by atoms with Crippen LogP contribution < -0.4 is 4.90 Å². The van der Waals surface area contributed by atoms with Crippen molar-refractivity contribution in [2.24, 2.45) is 0 Å². The molecule has 4 heteroatoms. The predicted octanol–water partition coefficient (Wildman–Crippen LogP) is 2.21. The number of hydrogen-bond acceptors (Lipinski definition) is 4. The van der Waals surface area contributed by atoms with E-state index in [1.807, 2.05) is 13.0 Å². The van der Waals surface area contributed by atoms with E-state index in [0.717, 1.165) is 41.9 Å². The number of rotatable bonds is 1. The molecular formula is C15H19N3O. The molecule has 1 atom stereocenters. The third-order valence-corrected chi connectivity index (χ3v) is 3.71. The van der Waals surface area contributed by atoms with Crippen molar-refractivity contribution in [1.82, 2.24) is 9.97 Å². The highest BCUT2D eigenvalue weighted by atomic mass is 16.3. The first-order valence-corrected chi connectivity index (χ1v) is 6.81. The fraction of sp³-hybridized carbons (Fsp3) is 0.467. The van der Waals surface area contributed by atoms with Gasteiger partial charge in [-0.05, 0) is 50.5 Å². The van der Waals surface area contributed by atoms with Crippen molar-refractivity contribution in [2.75, 3.05) is 18.0 Å². The fourth-order valence-electron chi connectivity index (χ4n) is 2.76. The van der Waals surface area contributed by atoms with Crippen molar-refractivity contribution < 1.29 is 5.11 Å². The van der Waals surface area contributed by atoms with Crippen LogP contribution in [0.3, 0.4) is 0 Å². The Morgan fingerprint density at radius 2 is 2.11 bits per heavy atom. The van der Waals surface area contributed by atoms with Crippen molar-refractivity contribution in [3.63, 3.8) is 0 Å². The molecule has 0 bridgehead atoms. The smallest absolute Gasteiger partial charge is 0.162 e. The fourth-order valence-corrected chi connectivity index (χ4v) is 2.76. The highest BCUT2D eigenvalue weighted by Crippen LogP contribution is 2.22. The molecule has 0 saturated carbocycles. The Labute approximate surface area is 113 Å². The van der Waals surface area contributed by atoms with E-state index < -0.39 is 0 Å². The molecule has 3 rings (SSSR count). The molecule has 0 aromatic carbocycles. The van der Waals surface area contributed by atoms with Crippen LogP contribution in [0.15, 0.2) is 18.2 Å². The number of pyridine rings is 2. The molecule has 4 nitrogen and oxygen atoms in total. The van der Waals surface area contributed by atoms with Crippen molar-refractivity contribution in [3.05, 3.63) is 29.5 Å². The molecule has 0 radical (unpaired) electrons. The average Bonchev–Trinajstić information content (AvgIpc) is 2.37. The quantitative estimate of drug-likeness (QED) is 0.851. The van der Waals surface area contributed by atoms with Gasteiger partial charge in [-0.1, -0.05) is 0 Å². The minimum absolute atomic E-state index is 0.238. The second kappa shape index (κ2) is 4.78. The van der Waals surface area contributed by atoms with Gasteiger partial charge in [0.05, 0.1) is 6.10 Å². The van der Waals surface area contributed by atoms with Crippen molar-refractivity contribution in [1.29, 1.82) is 0 Å². The lowest BCUT2D eigenvalue weighted by molar-refractivity contribution is 0.154. The van der Waals surface area contributed by atoms with Gasteiger partial charge < -0.3 is 10.0 Å². The average molecular weight is 257 g/mol. The minimum atomic E-state index is -0.238. The van der Waals surface area contributed by atoms with Gasteiger partial charge in [0.25, 0.3) is 0 Å². The highest BCUT2D eigenvalue weighted by molar-refractivity contribution is 5.80. The zero-order chi connectivity index (χ0) is 13.4. The summed E-state index contributed by atoms with van der Waals surface area (Å²) in [6, 6.07) is 6.19. The van der Waals surface area contributed by atoms with Gasteiger partial charge in [0.15, 0.2) is 5.65 Å². The first-order valence-electron chi connectivity index (χ1n) is 6.81. The van der Waals surface area contributed by atoms with Gasteiger partial charge in [-0.25, -0.2) is 9.97 Å². The predicted molar refractivity (Wildman–Crippen MR) is 76.5 cm³/mol. The van der Waals surface area contributed by atoms with Crippen LogP contribution in [0.5, 0.6) is 0 Å². The number of aliphatic hydroxyl groups excluding tert-OH is 1. The van der Waals surface area contributed by atoms with Gasteiger partial charge in [0, 0.05) is 24.2 Å². The van der Waals surface area contributed by atoms with E-state index in [4.69, 9.17) is 0 Å². The molecule has 0 spiro atoms. The van der Waals surface area contributed by atoms with Gasteiger partial charge >= 0.3 is 0 Å². The van der Waals surface area contributed by atoms with Gasteiger partial charge in [0.2, 0.25) is 0 Å². The van der Waals surface area contributed by atoms with E-state index in [9.17, 15) is 5.11 Å². The van der Waals surface area contributed by atoms with Crippen LogP contribution in [-0.4, -0.2) is 34.3 Å². The molecule has 19 heavy (non-hydrogen) atoms. The molecule has 1 saturated heterocycles. The molecule has 3 heterocycles. The zero-order valence-electron chi connectivity index (χ0n) is 11.4. The number of piperidine rings is 1. The van der Waals surface area contributed by atoms with E-state index in [-0.39, 0.29) is 6.10 Å². The first-order chi connectivity index (χ1) is 9.13. The standard InChI is InChI=1S/C15H19N3O/c1-10-8-11(2)16-15-13(10)5-6-14(17-15)18-7-3-4-12(19)9-18/h5-6,8,12,19H,3-4,7,9H2,1-2H3. The summed E-state index contributed by atoms with van der Waals surface area (Å²) in [5.41, 5.74) is 3.00. The molecule has 100 valence electrons. The maximum absolute atomic E-state index is 9.76. The number of aryl methyl sites for hydroxylation is 2. The van der Waals surface area contributed by atoms with Crippen LogP contribution in [-0.2, 0) is 0 Å². The monoisotopic (exact) mass is 257 g/mol. The number of aliphatic hydroxyl groups is 1. The Balaban J connectivity index is 2.01. The number of hydrogen-bond donors (Lipinski definition) is 1. The number of aromatic nitrogens is 2. The maximum Gasteiger partial charge on any atom is 0.162 e. The van der Waals surface area contributed by atoms with Gasteiger partial charge in [0.1, 0.15) is 5.82 Å². The van der Waals surface area contributed by atoms with E-state index in [2.05, 4.69) is 33.9 Å². The first kappa shape index (κ1) is 12.4. The largest absolute Gasteiger partial charge is 0.391 e. The molecule has 1 unspecified atom stereocenters. The van der Waals surface area contributed by atoms with E-state index in [1.54, 1.807) is 0 Å². The topological polar surface area (TPSA) is 49.2 Å². The lowest BCUT2D eigenvalue weighted by atomic mass is 10.1. The molecule has 1 aliphatic heterocycles. The Kier molecular flexibility index (Phi) is 3.11. The molecule has 1 fully saturated rings. The summed E-state index contributed by atoms with van der Waals surface area (Å²) in [6.45, 7) is 5.71. The highest BCUT2D eigenvalue weighted by Gasteiger charge is 2.19. The Morgan fingerprint density at radius 3 is 2.89 bits per heavy atom. The van der Waals surface area contributed by atoms with Gasteiger partial charge in [-0.15, -0.1) is 0 Å². The molecule has 0 amide bonds. The summed E-state index contributed by atoms with van der Waals surface area (Å²) >= 11 is 0. The summed E-state index contributed by atoms with van der Waals surface area (Å²) in [5, 5.41) is 10.9. The van der Waals surface area contributed by atoms with Crippen LogP contribution >= 0.6 is 0 Å².